The fourth-order valence-corrected chi connectivity index (χ4v) is 5.38. The fraction of sp³-hybridized carbons (Fsp3) is 0.500. The number of nitrogens with zero attached hydrogens (tertiary/aromatic N) is 2. The van der Waals surface area contributed by atoms with Crippen LogP contribution in [0.2, 0.25) is 0 Å². The van der Waals surface area contributed by atoms with Crippen LogP contribution in [-0.4, -0.2) is 93.9 Å². The molecule has 42 heavy (non-hydrogen) atoms. The Kier molecular flexibility index (Phi) is 10.3. The highest BCUT2D eigenvalue weighted by Gasteiger charge is 2.46. The van der Waals surface area contributed by atoms with Gasteiger partial charge in [0.15, 0.2) is 11.5 Å². The Bertz CT molecular complexity index is 1290. The summed E-state index contributed by atoms with van der Waals surface area (Å²) in [6, 6.07) is 7.82. The van der Waals surface area contributed by atoms with Gasteiger partial charge in [-0.15, -0.1) is 0 Å². The van der Waals surface area contributed by atoms with Crippen molar-refractivity contribution in [2.75, 3.05) is 67.3 Å². The van der Waals surface area contributed by atoms with Gasteiger partial charge in [-0.05, 0) is 60.7 Å². The number of morpholine rings is 1. The van der Waals surface area contributed by atoms with Crippen LogP contribution in [0, 0.1) is 12.8 Å². The zero-order valence-corrected chi connectivity index (χ0v) is 25.4. The summed E-state index contributed by atoms with van der Waals surface area (Å²) in [7, 11) is 4.52. The summed E-state index contributed by atoms with van der Waals surface area (Å²) in [5.74, 6) is 0.560. The molecular weight excluding hydrogens is 540 g/mol. The molecule has 2 aliphatic rings. The fourth-order valence-electron chi connectivity index (χ4n) is 5.38. The summed E-state index contributed by atoms with van der Waals surface area (Å²) < 4.78 is 28.0. The van der Waals surface area contributed by atoms with E-state index < -0.39 is 17.7 Å². The van der Waals surface area contributed by atoms with Crippen LogP contribution in [-0.2, 0) is 14.3 Å². The third-order valence-electron chi connectivity index (χ3n) is 7.54. The number of aryl methyl sites for hydroxylation is 1. The lowest BCUT2D eigenvalue weighted by atomic mass is 9.94. The van der Waals surface area contributed by atoms with Crippen molar-refractivity contribution < 1.29 is 38.4 Å². The Morgan fingerprint density at radius 3 is 2.21 bits per heavy atom. The molecule has 4 rings (SSSR count). The largest absolute Gasteiger partial charge is 0.507 e. The second-order valence-corrected chi connectivity index (χ2v) is 10.9. The summed E-state index contributed by atoms with van der Waals surface area (Å²) in [4.78, 5) is 30.9. The minimum absolute atomic E-state index is 0.0101. The second kappa shape index (κ2) is 13.9. The van der Waals surface area contributed by atoms with Crippen LogP contribution < -0.4 is 18.9 Å². The zero-order valence-electron chi connectivity index (χ0n) is 25.4. The number of carbonyl (C=O) groups is 2. The molecule has 0 aliphatic carbocycles. The van der Waals surface area contributed by atoms with Crippen molar-refractivity contribution in [2.45, 2.75) is 33.2 Å². The first-order valence-corrected chi connectivity index (χ1v) is 14.3. The van der Waals surface area contributed by atoms with E-state index in [-0.39, 0.29) is 11.3 Å². The van der Waals surface area contributed by atoms with Crippen molar-refractivity contribution >= 4 is 17.4 Å². The highest BCUT2D eigenvalue weighted by Crippen LogP contribution is 2.46. The summed E-state index contributed by atoms with van der Waals surface area (Å²) >= 11 is 0. The number of rotatable bonds is 12. The van der Waals surface area contributed by atoms with E-state index in [0.29, 0.717) is 72.8 Å². The van der Waals surface area contributed by atoms with Crippen LogP contribution in [0.5, 0.6) is 23.0 Å². The van der Waals surface area contributed by atoms with E-state index in [0.717, 1.165) is 25.2 Å². The van der Waals surface area contributed by atoms with Gasteiger partial charge < -0.3 is 33.7 Å². The van der Waals surface area contributed by atoms with Gasteiger partial charge in [0.2, 0.25) is 5.75 Å². The number of methoxy groups -OCH3 is 3. The van der Waals surface area contributed by atoms with Crippen molar-refractivity contribution in [2.24, 2.45) is 5.92 Å². The minimum Gasteiger partial charge on any atom is -0.507 e. The Hall–Kier alpha value is -3.76. The first-order valence-electron chi connectivity index (χ1n) is 14.3. The third-order valence-corrected chi connectivity index (χ3v) is 7.54. The molecule has 2 heterocycles. The van der Waals surface area contributed by atoms with E-state index in [1.165, 1.54) is 26.2 Å². The molecule has 228 valence electrons. The minimum atomic E-state index is -0.861. The number of ether oxygens (including phenoxy) is 5. The number of Topliss-reactive ketones (excluding diaryl/α,β-unsaturated/α-hetero) is 1. The molecule has 2 saturated heterocycles. The number of aliphatic hydroxyl groups is 1. The molecule has 0 unspecified atom stereocenters. The summed E-state index contributed by atoms with van der Waals surface area (Å²) in [5.41, 5.74) is 1.80. The molecule has 0 bridgehead atoms. The number of hydrogen-bond donors (Lipinski definition) is 1. The van der Waals surface area contributed by atoms with Crippen LogP contribution in [0.4, 0.5) is 0 Å². The Morgan fingerprint density at radius 1 is 0.976 bits per heavy atom. The molecule has 0 spiro atoms. The van der Waals surface area contributed by atoms with E-state index in [4.69, 9.17) is 23.7 Å². The number of ketones is 1. The highest BCUT2D eigenvalue weighted by molar-refractivity contribution is 6.46. The molecule has 1 atom stereocenters. The third kappa shape index (κ3) is 6.65. The van der Waals surface area contributed by atoms with Crippen LogP contribution in [0.1, 0.15) is 43.0 Å². The van der Waals surface area contributed by atoms with Crippen LogP contribution in [0.15, 0.2) is 35.9 Å². The Labute approximate surface area is 247 Å². The van der Waals surface area contributed by atoms with Crippen molar-refractivity contribution in [3.63, 3.8) is 0 Å². The van der Waals surface area contributed by atoms with Crippen LogP contribution in [0.25, 0.3) is 5.76 Å². The number of benzene rings is 2. The van der Waals surface area contributed by atoms with Crippen molar-refractivity contribution in [1.29, 1.82) is 0 Å². The molecule has 10 heteroatoms. The predicted octanol–water partition coefficient (Wildman–Crippen LogP) is 4.20. The van der Waals surface area contributed by atoms with E-state index in [1.807, 2.05) is 6.92 Å². The van der Waals surface area contributed by atoms with Crippen molar-refractivity contribution in [3.8, 4) is 23.0 Å². The maximum Gasteiger partial charge on any atom is 0.295 e. The smallest absolute Gasteiger partial charge is 0.295 e. The highest BCUT2D eigenvalue weighted by atomic mass is 16.5. The van der Waals surface area contributed by atoms with E-state index in [9.17, 15) is 14.7 Å². The van der Waals surface area contributed by atoms with E-state index in [1.54, 1.807) is 30.3 Å². The van der Waals surface area contributed by atoms with Gasteiger partial charge in [0.1, 0.15) is 11.5 Å². The Balaban J connectivity index is 1.77. The van der Waals surface area contributed by atoms with Gasteiger partial charge in [-0.2, -0.15) is 0 Å². The lowest BCUT2D eigenvalue weighted by Gasteiger charge is -2.29. The summed E-state index contributed by atoms with van der Waals surface area (Å²) in [5, 5.41) is 11.6. The van der Waals surface area contributed by atoms with Crippen LogP contribution >= 0.6 is 0 Å². The van der Waals surface area contributed by atoms with E-state index >= 15 is 0 Å². The number of amides is 1. The molecule has 10 nitrogen and oxygen atoms in total. The maximum absolute atomic E-state index is 13.6. The Morgan fingerprint density at radius 2 is 1.64 bits per heavy atom. The van der Waals surface area contributed by atoms with Crippen molar-refractivity contribution in [3.05, 3.63) is 52.6 Å². The first-order chi connectivity index (χ1) is 20.2. The molecule has 1 amide bonds. The lowest BCUT2D eigenvalue weighted by molar-refractivity contribution is -0.140. The molecule has 0 radical (unpaired) electrons. The van der Waals surface area contributed by atoms with Gasteiger partial charge in [-0.25, -0.2) is 0 Å². The van der Waals surface area contributed by atoms with Gasteiger partial charge in [0.05, 0.1) is 52.8 Å². The molecule has 0 aromatic heterocycles. The molecule has 2 aromatic rings. The van der Waals surface area contributed by atoms with Crippen LogP contribution in [0.3, 0.4) is 0 Å². The summed E-state index contributed by atoms with van der Waals surface area (Å²) in [6.45, 7) is 10.7. The van der Waals surface area contributed by atoms with Crippen molar-refractivity contribution in [1.82, 2.24) is 9.80 Å². The second-order valence-electron chi connectivity index (χ2n) is 10.9. The molecule has 2 aliphatic heterocycles. The molecule has 0 saturated carbocycles. The first kappa shape index (κ1) is 31.2. The lowest BCUT2D eigenvalue weighted by Crippen LogP contribution is -2.39. The van der Waals surface area contributed by atoms with Gasteiger partial charge >= 0.3 is 0 Å². The SMILES string of the molecule is COc1cc([C@H]2/C(=C(\O)c3ccc(OCC(C)C)c(C)c3)C(=O)C(=O)N2CCCN2CCOCC2)cc(OC)c1OC. The molecule has 2 fully saturated rings. The van der Waals surface area contributed by atoms with Gasteiger partial charge in [-0.1, -0.05) is 13.8 Å². The monoisotopic (exact) mass is 582 g/mol. The van der Waals surface area contributed by atoms with Gasteiger partial charge in [0, 0.05) is 31.7 Å². The molecule has 2 aromatic carbocycles. The number of hydrogen-bond acceptors (Lipinski definition) is 9. The molecular formula is C32H42N2O8. The predicted molar refractivity (Wildman–Crippen MR) is 158 cm³/mol. The number of carbonyl (C=O) groups excluding carboxylic acids is 2. The average Bonchev–Trinajstić information content (AvgIpc) is 3.24. The quantitative estimate of drug-likeness (QED) is 0.224. The van der Waals surface area contributed by atoms with Gasteiger partial charge in [-0.3, -0.25) is 14.5 Å². The normalized spacial score (nSPS) is 18.9. The zero-order chi connectivity index (χ0) is 30.4. The summed E-state index contributed by atoms with van der Waals surface area (Å²) in [6.07, 6.45) is 0.648. The number of likely N-dealkylation sites (tertiary alicyclic amines) is 1. The van der Waals surface area contributed by atoms with Gasteiger partial charge in [0.25, 0.3) is 11.7 Å². The van der Waals surface area contributed by atoms with E-state index in [2.05, 4.69) is 18.7 Å². The average molecular weight is 583 g/mol. The molecule has 1 N–H and O–H groups in total. The maximum atomic E-state index is 13.6. The topological polar surface area (TPSA) is 107 Å². The standard InChI is InChI=1S/C32H42N2O8/c1-20(2)19-42-24-9-8-22(16-21(24)3)29(35)27-28(23-17-25(38-4)31(40-6)26(18-23)39-5)34(32(37)30(27)36)11-7-10-33-12-14-41-15-13-33/h8-9,16-18,20,28,35H,7,10-15,19H2,1-6H3/b29-27+/t28-/m0/s1. The number of aliphatic hydroxyl groups excluding tert-OH is 1.